The molecule has 3 rings (SSSR count). The van der Waals surface area contributed by atoms with E-state index >= 15 is 0 Å². The van der Waals surface area contributed by atoms with Crippen molar-refractivity contribution in [3.05, 3.63) is 64.6 Å². The van der Waals surface area contributed by atoms with Crippen LogP contribution in [-0.4, -0.2) is 15.5 Å². The number of hydrogen-bond donors (Lipinski definition) is 1. The second kappa shape index (κ2) is 6.51. The number of rotatable bonds is 4. The van der Waals surface area contributed by atoms with Gasteiger partial charge in [-0.05, 0) is 53.2 Å². The number of halogens is 2. The molecule has 0 radical (unpaired) electrons. The van der Waals surface area contributed by atoms with Crippen LogP contribution < -0.4 is 9.46 Å². The lowest BCUT2D eigenvalue weighted by Gasteiger charge is -2.10. The van der Waals surface area contributed by atoms with Crippen LogP contribution >= 0.6 is 23.2 Å². The Hall–Kier alpha value is -1.95. The standard InChI is InChI=1S/C17H13Cl2NO3S/c1-23-16-4-2-12-7-17(5-3-11(12)6-16)24(21,22)20-15-9-13(18)8-14(19)10-15/h2-10,20H,1H3. The van der Waals surface area contributed by atoms with Crippen LogP contribution in [0.15, 0.2) is 59.5 Å². The molecule has 7 heteroatoms. The summed E-state index contributed by atoms with van der Waals surface area (Å²) in [5.41, 5.74) is 0.308. The zero-order valence-corrected chi connectivity index (χ0v) is 14.9. The lowest BCUT2D eigenvalue weighted by atomic mass is 10.1. The van der Waals surface area contributed by atoms with Crippen LogP contribution in [0.1, 0.15) is 0 Å². The minimum atomic E-state index is -3.75. The molecule has 0 saturated heterocycles. The van der Waals surface area contributed by atoms with Crippen LogP contribution in [0.2, 0.25) is 10.0 Å². The van der Waals surface area contributed by atoms with Gasteiger partial charge in [-0.25, -0.2) is 8.42 Å². The first-order valence-corrected chi connectivity index (χ1v) is 9.18. The molecule has 24 heavy (non-hydrogen) atoms. The zero-order valence-electron chi connectivity index (χ0n) is 12.6. The summed E-state index contributed by atoms with van der Waals surface area (Å²) in [5, 5.41) is 2.39. The maximum atomic E-state index is 12.6. The fourth-order valence-electron chi connectivity index (χ4n) is 2.32. The van der Waals surface area contributed by atoms with Crippen molar-refractivity contribution >= 4 is 49.7 Å². The lowest BCUT2D eigenvalue weighted by molar-refractivity contribution is 0.415. The molecule has 0 amide bonds. The molecule has 124 valence electrons. The molecular formula is C17H13Cl2NO3S. The number of benzene rings is 3. The van der Waals surface area contributed by atoms with E-state index in [1.54, 1.807) is 25.3 Å². The molecule has 3 aromatic carbocycles. The number of fused-ring (bicyclic) bond motifs is 1. The fourth-order valence-corrected chi connectivity index (χ4v) is 3.92. The normalized spacial score (nSPS) is 11.5. The van der Waals surface area contributed by atoms with Gasteiger partial charge in [0.1, 0.15) is 5.75 Å². The molecule has 0 unspecified atom stereocenters. The van der Waals surface area contributed by atoms with E-state index in [9.17, 15) is 8.42 Å². The van der Waals surface area contributed by atoms with E-state index in [4.69, 9.17) is 27.9 Å². The van der Waals surface area contributed by atoms with Gasteiger partial charge in [-0.2, -0.15) is 0 Å². The van der Waals surface area contributed by atoms with Gasteiger partial charge in [0.25, 0.3) is 10.0 Å². The first-order chi connectivity index (χ1) is 11.4. The molecule has 0 aliphatic carbocycles. The van der Waals surface area contributed by atoms with Crippen LogP contribution in [0, 0.1) is 0 Å². The van der Waals surface area contributed by atoms with Crippen molar-refractivity contribution in [2.75, 3.05) is 11.8 Å². The van der Waals surface area contributed by atoms with Gasteiger partial charge < -0.3 is 4.74 Å². The summed E-state index contributed by atoms with van der Waals surface area (Å²) in [6, 6.07) is 14.8. The Balaban J connectivity index is 1.98. The number of methoxy groups -OCH3 is 1. The summed E-state index contributed by atoms with van der Waals surface area (Å²) in [4.78, 5) is 0.149. The summed E-state index contributed by atoms with van der Waals surface area (Å²) in [7, 11) is -2.17. The van der Waals surface area contributed by atoms with Crippen LogP contribution in [0.5, 0.6) is 5.75 Å². The summed E-state index contributed by atoms with van der Waals surface area (Å²) in [6.45, 7) is 0. The van der Waals surface area contributed by atoms with Gasteiger partial charge in [-0.15, -0.1) is 0 Å². The Morgan fingerprint density at radius 2 is 1.50 bits per heavy atom. The number of ether oxygens (including phenoxy) is 1. The van der Waals surface area contributed by atoms with Crippen molar-refractivity contribution in [1.29, 1.82) is 0 Å². The molecule has 0 aliphatic rings. The number of anilines is 1. The third kappa shape index (κ3) is 3.59. The smallest absolute Gasteiger partial charge is 0.261 e. The topological polar surface area (TPSA) is 55.4 Å². The van der Waals surface area contributed by atoms with Crippen LogP contribution in [0.4, 0.5) is 5.69 Å². The van der Waals surface area contributed by atoms with Crippen molar-refractivity contribution in [2.45, 2.75) is 4.90 Å². The third-order valence-electron chi connectivity index (χ3n) is 3.44. The van der Waals surface area contributed by atoms with E-state index in [-0.39, 0.29) is 4.90 Å². The maximum absolute atomic E-state index is 12.6. The molecule has 3 aromatic rings. The van der Waals surface area contributed by atoms with Crippen molar-refractivity contribution in [2.24, 2.45) is 0 Å². The highest BCUT2D eigenvalue weighted by molar-refractivity contribution is 7.92. The van der Waals surface area contributed by atoms with Gasteiger partial charge in [-0.1, -0.05) is 35.3 Å². The third-order valence-corrected chi connectivity index (χ3v) is 5.26. The highest BCUT2D eigenvalue weighted by Crippen LogP contribution is 2.27. The second-order valence-corrected chi connectivity index (χ2v) is 7.69. The molecule has 0 heterocycles. The predicted molar refractivity (Wildman–Crippen MR) is 97.8 cm³/mol. The van der Waals surface area contributed by atoms with Crippen LogP contribution in [-0.2, 0) is 10.0 Å². The fraction of sp³-hybridized carbons (Fsp3) is 0.0588. The Labute approximate surface area is 150 Å². The van der Waals surface area contributed by atoms with E-state index in [0.29, 0.717) is 21.5 Å². The molecule has 0 spiro atoms. The van der Waals surface area contributed by atoms with Crippen molar-refractivity contribution in [3.8, 4) is 5.75 Å². The largest absolute Gasteiger partial charge is 0.497 e. The molecule has 4 nitrogen and oxygen atoms in total. The van der Waals surface area contributed by atoms with E-state index in [1.807, 2.05) is 12.1 Å². The highest BCUT2D eigenvalue weighted by Gasteiger charge is 2.15. The molecule has 0 aromatic heterocycles. The SMILES string of the molecule is COc1ccc2cc(S(=O)(=O)Nc3cc(Cl)cc(Cl)c3)ccc2c1. The Morgan fingerprint density at radius 1 is 0.875 bits per heavy atom. The lowest BCUT2D eigenvalue weighted by Crippen LogP contribution is -2.12. The molecule has 1 N–H and O–H groups in total. The van der Waals surface area contributed by atoms with Gasteiger partial charge in [0.15, 0.2) is 0 Å². The van der Waals surface area contributed by atoms with Gasteiger partial charge >= 0.3 is 0 Å². The average Bonchev–Trinajstić information content (AvgIpc) is 2.52. The van der Waals surface area contributed by atoms with Crippen LogP contribution in [0.3, 0.4) is 0 Å². The molecule has 0 saturated carbocycles. The number of hydrogen-bond acceptors (Lipinski definition) is 3. The van der Waals surface area contributed by atoms with Crippen molar-refractivity contribution in [3.63, 3.8) is 0 Å². The minimum absolute atomic E-state index is 0.149. The Morgan fingerprint density at radius 3 is 2.17 bits per heavy atom. The molecule has 0 fully saturated rings. The number of sulfonamides is 1. The number of nitrogens with one attached hydrogen (secondary N) is 1. The van der Waals surface area contributed by atoms with Crippen molar-refractivity contribution < 1.29 is 13.2 Å². The van der Waals surface area contributed by atoms with Gasteiger partial charge in [-0.3, -0.25) is 4.72 Å². The summed E-state index contributed by atoms with van der Waals surface area (Å²) in [5.74, 6) is 0.713. The summed E-state index contributed by atoms with van der Waals surface area (Å²) in [6.07, 6.45) is 0. The van der Waals surface area contributed by atoms with E-state index in [0.717, 1.165) is 10.8 Å². The second-order valence-electron chi connectivity index (χ2n) is 5.14. The highest BCUT2D eigenvalue weighted by atomic mass is 35.5. The van der Waals surface area contributed by atoms with E-state index in [1.165, 1.54) is 24.3 Å². The monoisotopic (exact) mass is 381 g/mol. The average molecular weight is 382 g/mol. The predicted octanol–water partition coefficient (Wildman–Crippen LogP) is 4.96. The first kappa shape index (κ1) is 16.9. The summed E-state index contributed by atoms with van der Waals surface area (Å²) >= 11 is 11.8. The van der Waals surface area contributed by atoms with E-state index in [2.05, 4.69) is 4.72 Å². The van der Waals surface area contributed by atoms with Gasteiger partial charge in [0.05, 0.1) is 17.7 Å². The summed E-state index contributed by atoms with van der Waals surface area (Å²) < 4.78 is 32.8. The quantitative estimate of drug-likeness (QED) is 0.694. The minimum Gasteiger partial charge on any atom is -0.497 e. The maximum Gasteiger partial charge on any atom is 0.261 e. The molecule has 0 bridgehead atoms. The first-order valence-electron chi connectivity index (χ1n) is 6.94. The van der Waals surface area contributed by atoms with Crippen LogP contribution in [0.25, 0.3) is 10.8 Å². The molecule has 0 atom stereocenters. The Bertz CT molecular complexity index is 999. The molecular weight excluding hydrogens is 369 g/mol. The van der Waals surface area contributed by atoms with E-state index < -0.39 is 10.0 Å². The van der Waals surface area contributed by atoms with Gasteiger partial charge in [0, 0.05) is 10.0 Å². The Kier molecular flexibility index (Phi) is 4.58. The molecule has 0 aliphatic heterocycles. The van der Waals surface area contributed by atoms with Gasteiger partial charge in [0.2, 0.25) is 0 Å². The zero-order chi connectivity index (χ0) is 17.3. The van der Waals surface area contributed by atoms with Crippen molar-refractivity contribution in [1.82, 2.24) is 0 Å².